The van der Waals surface area contributed by atoms with Gasteiger partial charge in [0.25, 0.3) is 0 Å². The van der Waals surface area contributed by atoms with Crippen molar-refractivity contribution in [2.24, 2.45) is 46.3 Å². The quantitative estimate of drug-likeness (QED) is 0.228. The number of nitrogens with zero attached hydrogens (tertiary/aromatic N) is 1. The summed E-state index contributed by atoms with van der Waals surface area (Å²) in [6.45, 7) is 16.8. The van der Waals surface area contributed by atoms with Crippen LogP contribution in [0.15, 0.2) is 11.6 Å². The van der Waals surface area contributed by atoms with E-state index >= 15 is 0 Å². The van der Waals surface area contributed by atoms with Crippen LogP contribution in [-0.4, -0.2) is 49.8 Å². The summed E-state index contributed by atoms with van der Waals surface area (Å²) in [6, 6.07) is 0. The molecule has 5 rings (SSSR count). The van der Waals surface area contributed by atoms with Gasteiger partial charge in [-0.05, 0) is 91.3 Å². The second-order valence-electron chi connectivity index (χ2n) is 14.8. The Morgan fingerprint density at radius 3 is 2.61 bits per heavy atom. The third-order valence-corrected chi connectivity index (χ3v) is 12.3. The highest BCUT2D eigenvalue weighted by Gasteiger charge is 2.59. The van der Waals surface area contributed by atoms with Crippen LogP contribution in [-0.2, 0) is 14.3 Å². The Hall–Kier alpha value is -0.870. The topological polar surface area (TPSA) is 38.8 Å². The van der Waals surface area contributed by atoms with Gasteiger partial charge in [-0.25, -0.2) is 0 Å². The third-order valence-electron chi connectivity index (χ3n) is 12.3. The summed E-state index contributed by atoms with van der Waals surface area (Å²) in [7, 11) is 0. The van der Waals surface area contributed by atoms with Crippen molar-refractivity contribution in [1.82, 2.24) is 4.90 Å². The van der Waals surface area contributed by atoms with E-state index in [-0.39, 0.29) is 12.1 Å². The number of morpholine rings is 1. The average Bonchev–Trinajstić information content (AvgIpc) is 3.25. The zero-order valence-electron chi connectivity index (χ0n) is 25.3. The molecule has 0 amide bonds. The number of esters is 1. The second-order valence-corrected chi connectivity index (χ2v) is 14.8. The van der Waals surface area contributed by atoms with Crippen LogP contribution in [0.5, 0.6) is 0 Å². The van der Waals surface area contributed by atoms with Gasteiger partial charge in [-0.1, -0.05) is 65.5 Å². The Morgan fingerprint density at radius 1 is 1.05 bits per heavy atom. The number of hydrogen-bond acceptors (Lipinski definition) is 4. The molecule has 0 bridgehead atoms. The van der Waals surface area contributed by atoms with Gasteiger partial charge < -0.3 is 9.47 Å². The molecule has 8 atom stereocenters. The number of allylic oxidation sites excluding steroid dienone is 1. The summed E-state index contributed by atoms with van der Waals surface area (Å²) in [5, 5.41) is 0. The molecule has 0 aromatic carbocycles. The lowest BCUT2D eigenvalue weighted by Gasteiger charge is -2.58. The highest BCUT2D eigenvalue weighted by atomic mass is 16.5. The van der Waals surface area contributed by atoms with E-state index in [1.165, 1.54) is 57.8 Å². The molecule has 216 valence electrons. The number of fused-ring (bicyclic) bond motifs is 5. The van der Waals surface area contributed by atoms with Crippen molar-refractivity contribution >= 4 is 5.97 Å². The van der Waals surface area contributed by atoms with E-state index in [0.29, 0.717) is 17.3 Å². The van der Waals surface area contributed by atoms with E-state index in [1.54, 1.807) is 5.57 Å². The van der Waals surface area contributed by atoms with Crippen LogP contribution in [0, 0.1) is 46.3 Å². The largest absolute Gasteiger partial charge is 0.462 e. The highest BCUT2D eigenvalue weighted by molar-refractivity contribution is 5.69. The molecule has 5 aliphatic rings. The molecule has 1 saturated heterocycles. The first-order chi connectivity index (χ1) is 18.2. The minimum atomic E-state index is -0.00711. The molecule has 4 nitrogen and oxygen atoms in total. The molecule has 4 aliphatic carbocycles. The second kappa shape index (κ2) is 11.9. The molecular formula is C34H57NO3. The van der Waals surface area contributed by atoms with Crippen molar-refractivity contribution in [2.75, 3.05) is 32.8 Å². The van der Waals surface area contributed by atoms with Crippen LogP contribution in [0.2, 0.25) is 0 Å². The molecule has 0 aromatic rings. The normalized spacial score (nSPS) is 40.2. The Morgan fingerprint density at radius 2 is 1.84 bits per heavy atom. The predicted molar refractivity (Wildman–Crippen MR) is 155 cm³/mol. The maximum absolute atomic E-state index is 12.7. The van der Waals surface area contributed by atoms with Crippen molar-refractivity contribution < 1.29 is 14.3 Å². The van der Waals surface area contributed by atoms with Gasteiger partial charge in [-0.3, -0.25) is 9.69 Å². The van der Waals surface area contributed by atoms with E-state index < -0.39 is 0 Å². The van der Waals surface area contributed by atoms with Gasteiger partial charge in [0.05, 0.1) is 19.6 Å². The van der Waals surface area contributed by atoms with Crippen LogP contribution in [0.1, 0.15) is 112 Å². The van der Waals surface area contributed by atoms with E-state index in [0.717, 1.165) is 81.2 Å². The third kappa shape index (κ3) is 5.78. The Balaban J connectivity index is 1.17. The fraction of sp³-hybridized carbons (Fsp3) is 0.912. The zero-order chi connectivity index (χ0) is 26.9. The number of carbonyl (C=O) groups excluding carboxylic acids is 1. The molecule has 4 fully saturated rings. The monoisotopic (exact) mass is 527 g/mol. The van der Waals surface area contributed by atoms with Crippen LogP contribution >= 0.6 is 0 Å². The summed E-state index contributed by atoms with van der Waals surface area (Å²) in [5.41, 5.74) is 2.49. The lowest BCUT2D eigenvalue weighted by molar-refractivity contribution is -0.152. The lowest BCUT2D eigenvalue weighted by atomic mass is 9.47. The van der Waals surface area contributed by atoms with Gasteiger partial charge in [0.1, 0.15) is 6.10 Å². The molecule has 0 aromatic heterocycles. The fourth-order valence-electron chi connectivity index (χ4n) is 10.1. The molecule has 0 unspecified atom stereocenters. The van der Waals surface area contributed by atoms with Crippen LogP contribution < -0.4 is 0 Å². The van der Waals surface area contributed by atoms with Gasteiger partial charge in [-0.15, -0.1) is 0 Å². The van der Waals surface area contributed by atoms with Crippen molar-refractivity contribution in [3.05, 3.63) is 11.6 Å². The molecule has 0 radical (unpaired) electrons. The molecule has 3 saturated carbocycles. The maximum Gasteiger partial charge on any atom is 0.307 e. The van der Waals surface area contributed by atoms with Gasteiger partial charge >= 0.3 is 5.97 Å². The van der Waals surface area contributed by atoms with Crippen LogP contribution in [0.25, 0.3) is 0 Å². The molecule has 1 heterocycles. The Labute approximate surface area is 233 Å². The summed E-state index contributed by atoms with van der Waals surface area (Å²) >= 11 is 0. The zero-order valence-corrected chi connectivity index (χ0v) is 25.3. The van der Waals surface area contributed by atoms with E-state index in [4.69, 9.17) is 9.47 Å². The van der Waals surface area contributed by atoms with Gasteiger partial charge in [0.2, 0.25) is 0 Å². The number of carbonyl (C=O) groups is 1. The minimum Gasteiger partial charge on any atom is -0.462 e. The standard InChI is InChI=1S/C34H57NO3/c1-24(2)7-6-8-25(3)29-11-12-30-28-10-9-26-23-27(38-32(36)15-18-35-19-21-37-22-20-35)13-16-33(26,4)31(28)14-17-34(29,30)5/h9,24-25,27-31H,6-8,10-23H2,1-5H3/t25-,27+,28-,29+,30-,31-,33-,34+/m0/s1. The molecule has 38 heavy (non-hydrogen) atoms. The molecular weight excluding hydrogens is 470 g/mol. The van der Waals surface area contributed by atoms with Gasteiger partial charge in [-0.2, -0.15) is 0 Å². The van der Waals surface area contributed by atoms with Crippen molar-refractivity contribution in [3.8, 4) is 0 Å². The average molecular weight is 528 g/mol. The number of ether oxygens (including phenoxy) is 2. The molecule has 0 spiro atoms. The first kappa shape index (κ1) is 28.7. The SMILES string of the molecule is CC(C)CCC[C@H](C)[C@H]1CC[C@H]2[C@@H]3CC=C4C[C@H](OC(=O)CCN5CCOCC5)CC[C@]4(C)[C@H]3CC[C@]12C. The number of rotatable bonds is 9. The summed E-state index contributed by atoms with van der Waals surface area (Å²) in [4.78, 5) is 15.0. The van der Waals surface area contributed by atoms with Gasteiger partial charge in [0.15, 0.2) is 0 Å². The van der Waals surface area contributed by atoms with Crippen molar-refractivity contribution in [3.63, 3.8) is 0 Å². The van der Waals surface area contributed by atoms with E-state index in [2.05, 4.69) is 45.6 Å². The molecule has 0 N–H and O–H groups in total. The van der Waals surface area contributed by atoms with Crippen LogP contribution in [0.3, 0.4) is 0 Å². The van der Waals surface area contributed by atoms with E-state index in [1.807, 2.05) is 0 Å². The Bertz CT molecular complexity index is 847. The van der Waals surface area contributed by atoms with E-state index in [9.17, 15) is 4.79 Å². The summed E-state index contributed by atoms with van der Waals surface area (Å²) in [5.74, 6) is 5.22. The van der Waals surface area contributed by atoms with Crippen molar-refractivity contribution in [2.45, 2.75) is 118 Å². The fourth-order valence-corrected chi connectivity index (χ4v) is 10.1. The highest BCUT2D eigenvalue weighted by Crippen LogP contribution is 2.67. The summed E-state index contributed by atoms with van der Waals surface area (Å²) in [6.07, 6.45) is 17.7. The lowest BCUT2D eigenvalue weighted by Crippen LogP contribution is -2.51. The molecule has 4 heteroatoms. The van der Waals surface area contributed by atoms with Crippen molar-refractivity contribution in [1.29, 1.82) is 0 Å². The first-order valence-corrected chi connectivity index (χ1v) is 16.4. The predicted octanol–water partition coefficient (Wildman–Crippen LogP) is 7.66. The van der Waals surface area contributed by atoms with Crippen LogP contribution in [0.4, 0.5) is 0 Å². The number of hydrogen-bond donors (Lipinski definition) is 0. The molecule has 1 aliphatic heterocycles. The smallest absolute Gasteiger partial charge is 0.307 e. The summed E-state index contributed by atoms with van der Waals surface area (Å²) < 4.78 is 11.5. The minimum absolute atomic E-state index is 0.00711. The van der Waals surface area contributed by atoms with Gasteiger partial charge in [0, 0.05) is 26.1 Å². The first-order valence-electron chi connectivity index (χ1n) is 16.4. The maximum atomic E-state index is 12.7. The Kier molecular flexibility index (Phi) is 9.00.